The molecule has 31 heavy (non-hydrogen) atoms. The first-order chi connectivity index (χ1) is 15.1. The molecule has 0 N–H and O–H groups in total. The molecule has 1 aliphatic heterocycles. The minimum atomic E-state index is -0.625. The van der Waals surface area contributed by atoms with Gasteiger partial charge in [-0.2, -0.15) is 0 Å². The zero-order valence-corrected chi connectivity index (χ0v) is 19.2. The van der Waals surface area contributed by atoms with Crippen LogP contribution in [-0.2, 0) is 24.4 Å². The fraction of sp³-hybridized carbons (Fsp3) is 0.667. The van der Waals surface area contributed by atoms with Gasteiger partial charge < -0.3 is 14.2 Å². The molecular weight excluding hydrogens is 388 g/mol. The van der Waals surface area contributed by atoms with Gasteiger partial charge in [0, 0.05) is 6.08 Å². The molecule has 3 saturated carbocycles. The third-order valence-electron chi connectivity index (χ3n) is 8.02. The number of esters is 1. The van der Waals surface area contributed by atoms with Crippen molar-refractivity contribution >= 4 is 5.97 Å². The molecular formula is C27H38O4. The number of unbranched alkanes of at least 4 members (excludes halogenated alkanes) is 2. The van der Waals surface area contributed by atoms with E-state index in [0.717, 1.165) is 5.56 Å². The summed E-state index contributed by atoms with van der Waals surface area (Å²) in [6, 6.07) is 9.07. The summed E-state index contributed by atoms with van der Waals surface area (Å²) in [5, 5.41) is 0. The first-order valence-electron chi connectivity index (χ1n) is 12.3. The van der Waals surface area contributed by atoms with Crippen molar-refractivity contribution in [3.8, 4) is 0 Å². The van der Waals surface area contributed by atoms with Crippen molar-refractivity contribution in [3.63, 3.8) is 0 Å². The van der Waals surface area contributed by atoms with Crippen LogP contribution in [0.3, 0.4) is 0 Å². The van der Waals surface area contributed by atoms with E-state index in [4.69, 9.17) is 14.2 Å². The first-order valence-corrected chi connectivity index (χ1v) is 12.3. The average molecular weight is 427 g/mol. The third kappa shape index (κ3) is 5.06. The minimum Gasteiger partial charge on any atom is -0.430 e. The van der Waals surface area contributed by atoms with E-state index in [-0.39, 0.29) is 12.7 Å². The second-order valence-corrected chi connectivity index (χ2v) is 9.88. The van der Waals surface area contributed by atoms with Gasteiger partial charge in [0.2, 0.25) is 6.29 Å². The van der Waals surface area contributed by atoms with Crippen LogP contribution in [0.25, 0.3) is 0 Å². The van der Waals surface area contributed by atoms with Crippen LogP contribution in [0, 0.1) is 5.41 Å². The summed E-state index contributed by atoms with van der Waals surface area (Å²) in [7, 11) is 0. The Balaban J connectivity index is 1.31. The Kier molecular flexibility index (Phi) is 7.18. The number of benzene rings is 1. The molecule has 1 aromatic carbocycles. The zero-order valence-electron chi connectivity index (χ0n) is 19.2. The molecule has 1 heterocycles. The van der Waals surface area contributed by atoms with Gasteiger partial charge in [-0.3, -0.25) is 0 Å². The molecule has 4 fully saturated rings. The summed E-state index contributed by atoms with van der Waals surface area (Å²) in [6.45, 7) is 4.75. The van der Waals surface area contributed by atoms with Gasteiger partial charge in [-0.25, -0.2) is 4.79 Å². The fourth-order valence-electron chi connectivity index (χ4n) is 5.92. The highest BCUT2D eigenvalue weighted by Crippen LogP contribution is 2.59. The van der Waals surface area contributed by atoms with E-state index >= 15 is 0 Å². The normalized spacial score (nSPS) is 33.0. The summed E-state index contributed by atoms with van der Waals surface area (Å²) in [5.74, 6) is -0.396. The van der Waals surface area contributed by atoms with E-state index in [1.807, 2.05) is 0 Å². The molecule has 4 nitrogen and oxygen atoms in total. The van der Waals surface area contributed by atoms with E-state index < -0.39 is 12.3 Å². The van der Waals surface area contributed by atoms with Gasteiger partial charge >= 0.3 is 5.97 Å². The van der Waals surface area contributed by atoms with Crippen molar-refractivity contribution in [2.75, 3.05) is 13.2 Å². The van der Waals surface area contributed by atoms with Crippen molar-refractivity contribution in [2.24, 2.45) is 5.41 Å². The van der Waals surface area contributed by atoms with Crippen molar-refractivity contribution < 1.29 is 19.0 Å². The Labute approximate surface area is 187 Å². The summed E-state index contributed by atoms with van der Waals surface area (Å²) >= 11 is 0. The van der Waals surface area contributed by atoms with Crippen LogP contribution < -0.4 is 0 Å². The highest BCUT2D eigenvalue weighted by atomic mass is 16.7. The predicted octanol–water partition coefficient (Wildman–Crippen LogP) is 6.39. The molecule has 0 aromatic heterocycles. The van der Waals surface area contributed by atoms with Crippen molar-refractivity contribution in [2.45, 2.75) is 95.9 Å². The molecule has 0 amide bonds. The lowest BCUT2D eigenvalue weighted by molar-refractivity contribution is -0.230. The van der Waals surface area contributed by atoms with Gasteiger partial charge in [-0.05, 0) is 73.8 Å². The largest absolute Gasteiger partial charge is 0.430 e. The average Bonchev–Trinajstić information content (AvgIpc) is 2.81. The van der Waals surface area contributed by atoms with Crippen molar-refractivity contribution in [1.82, 2.24) is 0 Å². The Morgan fingerprint density at radius 2 is 1.74 bits per heavy atom. The third-order valence-corrected chi connectivity index (χ3v) is 8.02. The SMILES string of the molecule is C/C=C/C(=O)OC1COC(c2ccc(C34CCC(CCCCC)(CC3)CC4)cc2)CO1. The van der Waals surface area contributed by atoms with Gasteiger partial charge in [-0.1, -0.05) is 56.5 Å². The molecule has 1 saturated heterocycles. The number of carbonyl (C=O) groups excluding carboxylic acids is 1. The van der Waals surface area contributed by atoms with E-state index in [2.05, 4.69) is 31.2 Å². The number of carbonyl (C=O) groups is 1. The molecule has 2 atom stereocenters. The summed E-state index contributed by atoms with van der Waals surface area (Å²) in [6.07, 6.45) is 16.2. The number of hydrogen-bond donors (Lipinski definition) is 0. The Morgan fingerprint density at radius 3 is 2.32 bits per heavy atom. The van der Waals surface area contributed by atoms with Crippen LogP contribution in [0.1, 0.15) is 95.3 Å². The standard InChI is InChI=1S/C27H38O4/c1-3-5-6-12-26-13-16-27(17-14-26,18-15-26)22-10-8-21(9-11-22)23-19-30-25(20-29-23)31-24(28)7-4-2/h4,7-11,23,25H,3,5-6,12-20H2,1-2H3/b7-4+. The van der Waals surface area contributed by atoms with Crippen LogP contribution in [0.5, 0.6) is 0 Å². The minimum absolute atomic E-state index is 0.104. The summed E-state index contributed by atoms with van der Waals surface area (Å²) < 4.78 is 16.9. The van der Waals surface area contributed by atoms with E-state index in [9.17, 15) is 4.79 Å². The second-order valence-electron chi connectivity index (χ2n) is 9.88. The molecule has 5 rings (SSSR count). The fourth-order valence-corrected chi connectivity index (χ4v) is 5.92. The van der Waals surface area contributed by atoms with Crippen LogP contribution in [-0.4, -0.2) is 25.5 Å². The highest BCUT2D eigenvalue weighted by molar-refractivity contribution is 5.81. The number of fused-ring (bicyclic) bond motifs is 3. The number of hydrogen-bond acceptors (Lipinski definition) is 4. The maximum atomic E-state index is 11.6. The van der Waals surface area contributed by atoms with Gasteiger partial charge in [0.1, 0.15) is 12.7 Å². The summed E-state index contributed by atoms with van der Waals surface area (Å²) in [4.78, 5) is 11.6. The molecule has 2 bridgehead atoms. The van der Waals surface area contributed by atoms with Gasteiger partial charge in [0.15, 0.2) is 0 Å². The number of ether oxygens (including phenoxy) is 3. The van der Waals surface area contributed by atoms with Gasteiger partial charge in [0.05, 0.1) is 6.61 Å². The lowest BCUT2D eigenvalue weighted by Crippen LogP contribution is -2.44. The zero-order chi connectivity index (χ0) is 21.7. The van der Waals surface area contributed by atoms with Crippen molar-refractivity contribution in [3.05, 3.63) is 47.5 Å². The molecule has 3 aliphatic carbocycles. The maximum Gasteiger partial charge on any atom is 0.332 e. The van der Waals surface area contributed by atoms with E-state index in [1.54, 1.807) is 13.0 Å². The highest BCUT2D eigenvalue weighted by Gasteiger charge is 2.48. The lowest BCUT2D eigenvalue weighted by atomic mass is 9.51. The topological polar surface area (TPSA) is 44.8 Å². The lowest BCUT2D eigenvalue weighted by Gasteiger charge is -2.54. The number of rotatable bonds is 8. The molecule has 2 unspecified atom stereocenters. The molecule has 1 aromatic rings. The maximum absolute atomic E-state index is 11.6. The molecule has 170 valence electrons. The van der Waals surface area contributed by atoms with Gasteiger partial charge in [0.25, 0.3) is 0 Å². The van der Waals surface area contributed by atoms with E-state index in [1.165, 1.54) is 75.8 Å². The van der Waals surface area contributed by atoms with Crippen LogP contribution in [0.2, 0.25) is 0 Å². The Hall–Kier alpha value is -1.65. The Morgan fingerprint density at radius 1 is 1.03 bits per heavy atom. The molecule has 0 spiro atoms. The molecule has 4 aliphatic rings. The van der Waals surface area contributed by atoms with Crippen LogP contribution >= 0.6 is 0 Å². The Bertz CT molecular complexity index is 733. The van der Waals surface area contributed by atoms with Gasteiger partial charge in [-0.15, -0.1) is 0 Å². The molecule has 4 heteroatoms. The molecule has 0 radical (unpaired) electrons. The first kappa shape index (κ1) is 22.5. The van der Waals surface area contributed by atoms with E-state index in [0.29, 0.717) is 17.4 Å². The van der Waals surface area contributed by atoms with Crippen molar-refractivity contribution in [1.29, 1.82) is 0 Å². The quantitative estimate of drug-likeness (QED) is 0.274. The van der Waals surface area contributed by atoms with Crippen LogP contribution in [0.15, 0.2) is 36.4 Å². The second kappa shape index (κ2) is 9.87. The van der Waals surface area contributed by atoms with Crippen LogP contribution in [0.4, 0.5) is 0 Å². The summed E-state index contributed by atoms with van der Waals surface area (Å²) in [5.41, 5.74) is 3.69. The number of allylic oxidation sites excluding steroid dienone is 1. The monoisotopic (exact) mass is 426 g/mol. The smallest absolute Gasteiger partial charge is 0.332 e. The predicted molar refractivity (Wildman–Crippen MR) is 122 cm³/mol.